The van der Waals surface area contributed by atoms with Gasteiger partial charge in [0, 0.05) is 56.5 Å². The zero-order valence-electron chi connectivity index (χ0n) is 19.7. The molecule has 2 aliphatic heterocycles. The fourth-order valence-electron chi connectivity index (χ4n) is 5.16. The van der Waals surface area contributed by atoms with E-state index in [4.69, 9.17) is 4.74 Å². The van der Waals surface area contributed by atoms with Gasteiger partial charge in [-0.3, -0.25) is 14.8 Å². The van der Waals surface area contributed by atoms with E-state index < -0.39 is 6.10 Å². The van der Waals surface area contributed by atoms with Crippen molar-refractivity contribution < 1.29 is 14.6 Å². The molecule has 8 nitrogen and oxygen atoms in total. The van der Waals surface area contributed by atoms with E-state index in [1.807, 2.05) is 35.2 Å². The largest absolute Gasteiger partial charge is 0.497 e. The number of rotatable bonds is 8. The second kappa shape index (κ2) is 10.1. The van der Waals surface area contributed by atoms with Crippen LogP contribution < -0.4 is 10.1 Å². The number of benzene rings is 1. The third-order valence-electron chi connectivity index (χ3n) is 7.08. The number of urea groups is 1. The number of aliphatic hydroxyl groups is 1. The molecule has 2 aromatic rings. The third-order valence-corrected chi connectivity index (χ3v) is 7.08. The standard InChI is InChI=1S/C26H33N5O3/c1-34-19-7-8-22-21(17-19)20(9-10-27-22)25(32)18-30-15-13-29(14-16-30)11-4-12-31-24-6-3-2-5-23(24)28-26(31)33/h2-3,6-10,17,23,25,32H,4-5,11-16,18H2,1H3,(H,28,33)/t23?,25-/m0/s1. The first-order chi connectivity index (χ1) is 16.6. The second-order valence-corrected chi connectivity index (χ2v) is 9.20. The maximum atomic E-state index is 12.3. The Bertz CT molecular complexity index is 1090. The van der Waals surface area contributed by atoms with Crippen molar-refractivity contribution in [3.05, 3.63) is 60.0 Å². The van der Waals surface area contributed by atoms with E-state index in [0.29, 0.717) is 6.54 Å². The van der Waals surface area contributed by atoms with Gasteiger partial charge in [-0.1, -0.05) is 12.2 Å². The Kier molecular flexibility index (Phi) is 6.80. The molecule has 3 aliphatic rings. The molecule has 8 heteroatoms. The lowest BCUT2D eigenvalue weighted by atomic mass is 10.0. The van der Waals surface area contributed by atoms with E-state index in [1.54, 1.807) is 13.3 Å². The molecule has 2 fully saturated rings. The van der Waals surface area contributed by atoms with E-state index in [2.05, 4.69) is 32.3 Å². The summed E-state index contributed by atoms with van der Waals surface area (Å²) in [4.78, 5) is 23.4. The van der Waals surface area contributed by atoms with Crippen molar-refractivity contribution in [1.82, 2.24) is 25.0 Å². The topological polar surface area (TPSA) is 81.2 Å². The highest BCUT2D eigenvalue weighted by molar-refractivity contribution is 5.84. The summed E-state index contributed by atoms with van der Waals surface area (Å²) in [5, 5.41) is 15.0. The predicted molar refractivity (Wildman–Crippen MR) is 132 cm³/mol. The van der Waals surface area contributed by atoms with Gasteiger partial charge in [-0.25, -0.2) is 4.79 Å². The molecule has 1 aromatic carbocycles. The highest BCUT2D eigenvalue weighted by atomic mass is 16.5. The van der Waals surface area contributed by atoms with Crippen LogP contribution >= 0.6 is 0 Å². The molecule has 34 heavy (non-hydrogen) atoms. The molecule has 0 saturated carbocycles. The molecule has 5 rings (SSSR count). The van der Waals surface area contributed by atoms with Crippen molar-refractivity contribution in [2.24, 2.45) is 0 Å². The minimum absolute atomic E-state index is 0.0278. The maximum absolute atomic E-state index is 12.3. The number of hydrogen-bond acceptors (Lipinski definition) is 6. The summed E-state index contributed by atoms with van der Waals surface area (Å²) >= 11 is 0. The van der Waals surface area contributed by atoms with Gasteiger partial charge in [-0.15, -0.1) is 0 Å². The zero-order chi connectivity index (χ0) is 23.5. The van der Waals surface area contributed by atoms with Crippen molar-refractivity contribution in [3.8, 4) is 5.75 Å². The van der Waals surface area contributed by atoms with Crippen LogP contribution in [-0.4, -0.2) is 89.8 Å². The normalized spacial score (nSPS) is 21.9. The number of nitrogens with zero attached hydrogens (tertiary/aromatic N) is 4. The van der Waals surface area contributed by atoms with Gasteiger partial charge in [-0.05, 0) is 55.3 Å². The number of amides is 2. The quantitative estimate of drug-likeness (QED) is 0.626. The van der Waals surface area contributed by atoms with E-state index in [-0.39, 0.29) is 12.1 Å². The summed E-state index contributed by atoms with van der Waals surface area (Å²) < 4.78 is 5.36. The maximum Gasteiger partial charge on any atom is 0.322 e. The number of β-amino-alcohol motifs (C(OH)–C–C–N with tert-alkyl or cyclic N) is 1. The number of piperazine rings is 1. The smallest absolute Gasteiger partial charge is 0.322 e. The predicted octanol–water partition coefficient (Wildman–Crippen LogP) is 2.52. The van der Waals surface area contributed by atoms with E-state index >= 15 is 0 Å². The van der Waals surface area contributed by atoms with Gasteiger partial charge < -0.3 is 20.1 Å². The van der Waals surface area contributed by atoms with Crippen molar-refractivity contribution in [1.29, 1.82) is 0 Å². The van der Waals surface area contributed by atoms with Crippen LogP contribution in [0.3, 0.4) is 0 Å². The number of allylic oxidation sites excluding steroid dienone is 2. The molecular weight excluding hydrogens is 430 g/mol. The monoisotopic (exact) mass is 463 g/mol. The van der Waals surface area contributed by atoms with E-state index in [0.717, 1.165) is 80.0 Å². The first kappa shape index (κ1) is 22.8. The number of methoxy groups -OCH3 is 1. The highest BCUT2D eigenvalue weighted by Crippen LogP contribution is 2.27. The first-order valence-corrected chi connectivity index (χ1v) is 12.1. The van der Waals surface area contributed by atoms with Gasteiger partial charge in [-0.2, -0.15) is 0 Å². The Morgan fingerprint density at radius 3 is 2.82 bits per heavy atom. The molecule has 2 saturated heterocycles. The van der Waals surface area contributed by atoms with Crippen LogP contribution in [0.25, 0.3) is 10.9 Å². The Morgan fingerprint density at radius 1 is 1.18 bits per heavy atom. The molecule has 0 bridgehead atoms. The van der Waals surface area contributed by atoms with Crippen LogP contribution in [0, 0.1) is 0 Å². The van der Waals surface area contributed by atoms with Crippen LogP contribution in [0.4, 0.5) is 4.79 Å². The van der Waals surface area contributed by atoms with Gasteiger partial charge in [0.15, 0.2) is 0 Å². The highest BCUT2D eigenvalue weighted by Gasteiger charge is 2.33. The minimum atomic E-state index is -0.580. The number of aliphatic hydroxyl groups excluding tert-OH is 1. The summed E-state index contributed by atoms with van der Waals surface area (Å²) in [5.74, 6) is 0.765. The number of hydrogen-bond donors (Lipinski definition) is 2. The number of fused-ring (bicyclic) bond motifs is 2. The van der Waals surface area contributed by atoms with Crippen LogP contribution in [0.1, 0.15) is 24.5 Å². The van der Waals surface area contributed by atoms with Crippen molar-refractivity contribution in [2.75, 3.05) is 52.9 Å². The van der Waals surface area contributed by atoms with Crippen molar-refractivity contribution >= 4 is 16.9 Å². The Balaban J connectivity index is 1.10. The second-order valence-electron chi connectivity index (χ2n) is 9.20. The average molecular weight is 464 g/mol. The lowest BCUT2D eigenvalue weighted by Gasteiger charge is -2.36. The summed E-state index contributed by atoms with van der Waals surface area (Å²) in [6, 6.07) is 7.84. The van der Waals surface area contributed by atoms with Crippen LogP contribution in [0.2, 0.25) is 0 Å². The van der Waals surface area contributed by atoms with Gasteiger partial charge in [0.1, 0.15) is 5.75 Å². The number of ether oxygens (including phenoxy) is 1. The molecule has 0 spiro atoms. The SMILES string of the molecule is COc1ccc2nccc([C@@H](O)CN3CCN(CCCN4C(=O)NC5CC=CC=C54)CC3)c2c1. The van der Waals surface area contributed by atoms with E-state index in [9.17, 15) is 9.90 Å². The Hall–Kier alpha value is -2.94. The van der Waals surface area contributed by atoms with Crippen LogP contribution in [0.5, 0.6) is 5.75 Å². The summed E-state index contributed by atoms with van der Waals surface area (Å²) in [7, 11) is 1.65. The summed E-state index contributed by atoms with van der Waals surface area (Å²) in [6.07, 6.45) is 9.20. The molecule has 2 amide bonds. The van der Waals surface area contributed by atoms with E-state index in [1.165, 1.54) is 0 Å². The average Bonchev–Trinajstić information content (AvgIpc) is 3.19. The Morgan fingerprint density at radius 2 is 2.00 bits per heavy atom. The number of aromatic nitrogens is 1. The van der Waals surface area contributed by atoms with Crippen LogP contribution in [-0.2, 0) is 0 Å². The van der Waals surface area contributed by atoms with Gasteiger partial charge in [0.05, 0.1) is 24.8 Å². The molecule has 0 radical (unpaired) electrons. The molecule has 1 aliphatic carbocycles. The number of pyridine rings is 1. The fourth-order valence-corrected chi connectivity index (χ4v) is 5.16. The Labute approximate surface area is 200 Å². The first-order valence-electron chi connectivity index (χ1n) is 12.1. The van der Waals surface area contributed by atoms with Crippen LogP contribution in [0.15, 0.2) is 54.4 Å². The molecule has 1 aromatic heterocycles. The van der Waals surface area contributed by atoms with Gasteiger partial charge >= 0.3 is 6.03 Å². The zero-order valence-corrected chi connectivity index (χ0v) is 19.7. The number of carbonyl (C=O) groups excluding carboxylic acids is 1. The lowest BCUT2D eigenvalue weighted by molar-refractivity contribution is 0.0723. The summed E-state index contributed by atoms with van der Waals surface area (Å²) in [6.45, 7) is 6.11. The molecule has 3 heterocycles. The van der Waals surface area contributed by atoms with Crippen molar-refractivity contribution in [2.45, 2.75) is 25.0 Å². The number of carbonyl (C=O) groups is 1. The molecule has 2 N–H and O–H groups in total. The third kappa shape index (κ3) is 4.80. The van der Waals surface area contributed by atoms with Crippen molar-refractivity contribution in [3.63, 3.8) is 0 Å². The lowest BCUT2D eigenvalue weighted by Crippen LogP contribution is -2.48. The fraction of sp³-hybridized carbons (Fsp3) is 0.462. The summed E-state index contributed by atoms with van der Waals surface area (Å²) in [5.41, 5.74) is 2.85. The molecular formula is C26H33N5O3. The number of nitrogens with one attached hydrogen (secondary N) is 1. The minimum Gasteiger partial charge on any atom is -0.497 e. The van der Waals surface area contributed by atoms with Gasteiger partial charge in [0.25, 0.3) is 0 Å². The van der Waals surface area contributed by atoms with Gasteiger partial charge in [0.2, 0.25) is 0 Å². The molecule has 2 atom stereocenters. The molecule has 180 valence electrons. The molecule has 1 unspecified atom stereocenters.